The lowest BCUT2D eigenvalue weighted by atomic mass is 10.0. The molecule has 1 aromatic carbocycles. The van der Waals surface area contributed by atoms with Gasteiger partial charge in [-0.1, -0.05) is 25.0 Å². The summed E-state index contributed by atoms with van der Waals surface area (Å²) in [6, 6.07) is 7.37. The number of benzene rings is 1. The Hall–Kier alpha value is -1.10. The molecule has 1 aromatic rings. The number of ether oxygens (including phenoxy) is 1. The fourth-order valence-corrected chi connectivity index (χ4v) is 2.53. The Morgan fingerprint density at radius 3 is 2.74 bits per heavy atom. The van der Waals surface area contributed by atoms with Gasteiger partial charge in [0.1, 0.15) is 12.4 Å². The topological polar surface area (TPSA) is 75.7 Å². The van der Waals surface area contributed by atoms with E-state index >= 15 is 0 Å². The number of nitrogens with two attached hydrogens (primary N) is 1. The molecule has 1 saturated carbocycles. The third kappa shape index (κ3) is 3.93. The molecule has 0 aromatic heterocycles. The molecule has 1 unspecified atom stereocenters. The second-order valence-electron chi connectivity index (χ2n) is 5.39. The van der Waals surface area contributed by atoms with Crippen molar-refractivity contribution in [2.45, 2.75) is 43.8 Å². The SMILES string of the molecule is NCCC(O)c1cccc(OCC2(O)CCCC2)c1. The molecular formula is C15H23NO3. The zero-order valence-corrected chi connectivity index (χ0v) is 11.2. The molecule has 0 bridgehead atoms. The highest BCUT2D eigenvalue weighted by Gasteiger charge is 2.31. The van der Waals surface area contributed by atoms with Crippen molar-refractivity contribution in [2.24, 2.45) is 5.73 Å². The van der Waals surface area contributed by atoms with Gasteiger partial charge in [-0.15, -0.1) is 0 Å². The summed E-state index contributed by atoms with van der Waals surface area (Å²) >= 11 is 0. The Morgan fingerprint density at radius 1 is 1.32 bits per heavy atom. The maximum Gasteiger partial charge on any atom is 0.119 e. The van der Waals surface area contributed by atoms with Gasteiger partial charge in [-0.3, -0.25) is 0 Å². The molecule has 4 heteroatoms. The van der Waals surface area contributed by atoms with Crippen molar-refractivity contribution in [3.8, 4) is 5.75 Å². The molecule has 0 saturated heterocycles. The average molecular weight is 265 g/mol. The maximum absolute atomic E-state index is 10.2. The molecule has 0 heterocycles. The Kier molecular flexibility index (Phi) is 4.80. The van der Waals surface area contributed by atoms with Crippen LogP contribution in [0, 0.1) is 0 Å². The van der Waals surface area contributed by atoms with Crippen LogP contribution in [0.25, 0.3) is 0 Å². The molecule has 4 nitrogen and oxygen atoms in total. The molecule has 19 heavy (non-hydrogen) atoms. The van der Waals surface area contributed by atoms with Crippen LogP contribution in [0.15, 0.2) is 24.3 Å². The summed E-state index contributed by atoms with van der Waals surface area (Å²) in [4.78, 5) is 0. The molecule has 1 aliphatic rings. The molecular weight excluding hydrogens is 242 g/mol. The third-order valence-corrected chi connectivity index (χ3v) is 3.72. The van der Waals surface area contributed by atoms with E-state index < -0.39 is 11.7 Å². The van der Waals surface area contributed by atoms with Gasteiger partial charge in [0.05, 0.1) is 11.7 Å². The molecule has 4 N–H and O–H groups in total. The van der Waals surface area contributed by atoms with Crippen LogP contribution in [0.3, 0.4) is 0 Å². The van der Waals surface area contributed by atoms with Gasteiger partial charge in [-0.05, 0) is 43.5 Å². The molecule has 0 radical (unpaired) electrons. The van der Waals surface area contributed by atoms with Gasteiger partial charge in [-0.25, -0.2) is 0 Å². The molecule has 2 rings (SSSR count). The fourth-order valence-electron chi connectivity index (χ4n) is 2.53. The zero-order valence-electron chi connectivity index (χ0n) is 11.2. The van der Waals surface area contributed by atoms with Crippen LogP contribution in [0.4, 0.5) is 0 Å². The van der Waals surface area contributed by atoms with Crippen molar-refractivity contribution in [3.05, 3.63) is 29.8 Å². The highest BCUT2D eigenvalue weighted by atomic mass is 16.5. The van der Waals surface area contributed by atoms with E-state index in [1.54, 1.807) is 0 Å². The number of rotatable bonds is 6. The van der Waals surface area contributed by atoms with Gasteiger partial charge in [0, 0.05) is 0 Å². The zero-order chi connectivity index (χ0) is 13.7. The minimum Gasteiger partial charge on any atom is -0.491 e. The molecule has 0 amide bonds. The van der Waals surface area contributed by atoms with E-state index in [1.165, 1.54) is 0 Å². The number of hydrogen-bond acceptors (Lipinski definition) is 4. The first-order chi connectivity index (χ1) is 9.13. The second-order valence-corrected chi connectivity index (χ2v) is 5.39. The number of hydrogen-bond donors (Lipinski definition) is 3. The summed E-state index contributed by atoms with van der Waals surface area (Å²) in [5.74, 6) is 0.689. The summed E-state index contributed by atoms with van der Waals surface area (Å²) in [5, 5.41) is 20.1. The van der Waals surface area contributed by atoms with E-state index in [2.05, 4.69) is 0 Å². The van der Waals surface area contributed by atoms with E-state index in [0.29, 0.717) is 25.3 Å². The van der Waals surface area contributed by atoms with E-state index in [9.17, 15) is 10.2 Å². The van der Waals surface area contributed by atoms with Crippen molar-refractivity contribution < 1.29 is 14.9 Å². The van der Waals surface area contributed by atoms with E-state index in [-0.39, 0.29) is 0 Å². The standard InChI is InChI=1S/C15H23NO3/c16-9-6-14(17)12-4-3-5-13(10-12)19-11-15(18)7-1-2-8-15/h3-5,10,14,17-18H,1-2,6-9,11,16H2. The van der Waals surface area contributed by atoms with Gasteiger partial charge < -0.3 is 20.7 Å². The second kappa shape index (κ2) is 6.37. The van der Waals surface area contributed by atoms with Gasteiger partial charge in [0.2, 0.25) is 0 Å². The summed E-state index contributed by atoms with van der Waals surface area (Å²) in [6.07, 6.45) is 3.73. The van der Waals surface area contributed by atoms with Crippen molar-refractivity contribution in [1.29, 1.82) is 0 Å². The van der Waals surface area contributed by atoms with Crippen LogP contribution in [-0.2, 0) is 0 Å². The first-order valence-corrected chi connectivity index (χ1v) is 6.96. The molecule has 0 spiro atoms. The normalized spacial score (nSPS) is 19.3. The van der Waals surface area contributed by atoms with Crippen LogP contribution >= 0.6 is 0 Å². The summed E-state index contributed by atoms with van der Waals surface area (Å²) < 4.78 is 5.67. The Morgan fingerprint density at radius 2 is 2.05 bits per heavy atom. The van der Waals surface area contributed by atoms with Crippen LogP contribution in [0.2, 0.25) is 0 Å². The van der Waals surface area contributed by atoms with Crippen LogP contribution in [-0.4, -0.2) is 29.0 Å². The summed E-state index contributed by atoms with van der Waals surface area (Å²) in [7, 11) is 0. The van der Waals surface area contributed by atoms with Gasteiger partial charge >= 0.3 is 0 Å². The summed E-state index contributed by atoms with van der Waals surface area (Å²) in [6.45, 7) is 0.773. The predicted molar refractivity (Wildman–Crippen MR) is 74.0 cm³/mol. The quantitative estimate of drug-likeness (QED) is 0.732. The minimum atomic E-state index is -0.675. The maximum atomic E-state index is 10.2. The third-order valence-electron chi connectivity index (χ3n) is 3.72. The number of aliphatic hydroxyl groups excluding tert-OH is 1. The smallest absolute Gasteiger partial charge is 0.119 e. The summed E-state index contributed by atoms with van der Waals surface area (Å²) in [5.41, 5.74) is 5.57. The van der Waals surface area contributed by atoms with Gasteiger partial charge in [0.15, 0.2) is 0 Å². The Labute approximate surface area is 114 Å². The van der Waals surface area contributed by atoms with Crippen molar-refractivity contribution >= 4 is 0 Å². The first kappa shape index (κ1) is 14.3. The Bertz CT molecular complexity index is 402. The Balaban J connectivity index is 1.95. The lowest BCUT2D eigenvalue weighted by Crippen LogP contribution is -2.32. The van der Waals surface area contributed by atoms with Crippen molar-refractivity contribution in [3.63, 3.8) is 0 Å². The van der Waals surface area contributed by atoms with Crippen LogP contribution < -0.4 is 10.5 Å². The molecule has 1 aliphatic carbocycles. The molecule has 0 aliphatic heterocycles. The predicted octanol–water partition coefficient (Wildman–Crippen LogP) is 1.75. The largest absolute Gasteiger partial charge is 0.491 e. The average Bonchev–Trinajstić information content (AvgIpc) is 2.85. The minimum absolute atomic E-state index is 0.323. The number of aliphatic hydroxyl groups is 2. The monoisotopic (exact) mass is 265 g/mol. The first-order valence-electron chi connectivity index (χ1n) is 6.96. The van der Waals surface area contributed by atoms with Gasteiger partial charge in [0.25, 0.3) is 0 Å². The highest BCUT2D eigenvalue weighted by molar-refractivity contribution is 5.30. The van der Waals surface area contributed by atoms with Crippen LogP contribution in [0.1, 0.15) is 43.8 Å². The molecule has 1 fully saturated rings. The molecule has 106 valence electrons. The van der Waals surface area contributed by atoms with Crippen LogP contribution in [0.5, 0.6) is 5.75 Å². The molecule has 1 atom stereocenters. The van der Waals surface area contributed by atoms with E-state index in [0.717, 1.165) is 31.2 Å². The van der Waals surface area contributed by atoms with E-state index in [4.69, 9.17) is 10.5 Å². The lowest BCUT2D eigenvalue weighted by molar-refractivity contribution is 0.00134. The van der Waals surface area contributed by atoms with Gasteiger partial charge in [-0.2, -0.15) is 0 Å². The van der Waals surface area contributed by atoms with E-state index in [1.807, 2.05) is 24.3 Å². The fraction of sp³-hybridized carbons (Fsp3) is 0.600. The highest BCUT2D eigenvalue weighted by Crippen LogP contribution is 2.30. The van der Waals surface area contributed by atoms with Crippen molar-refractivity contribution in [1.82, 2.24) is 0 Å². The van der Waals surface area contributed by atoms with Crippen molar-refractivity contribution in [2.75, 3.05) is 13.2 Å². The lowest BCUT2D eigenvalue weighted by Gasteiger charge is -2.22.